The van der Waals surface area contributed by atoms with Crippen molar-refractivity contribution in [3.8, 4) is 11.5 Å². The summed E-state index contributed by atoms with van der Waals surface area (Å²) in [5, 5.41) is 0. The van der Waals surface area contributed by atoms with Crippen molar-refractivity contribution in [2.45, 2.75) is 18.9 Å². The van der Waals surface area contributed by atoms with Crippen LogP contribution in [0.3, 0.4) is 0 Å². The molecule has 0 bridgehead atoms. The van der Waals surface area contributed by atoms with Crippen LogP contribution in [0.2, 0.25) is 0 Å². The average Bonchev–Trinajstić information content (AvgIpc) is 2.30. The van der Waals surface area contributed by atoms with Gasteiger partial charge in [-0.05, 0) is 50.7 Å². The zero-order chi connectivity index (χ0) is 11.4. The normalized spacial score (nSPS) is 21.8. The summed E-state index contributed by atoms with van der Waals surface area (Å²) in [6.07, 6.45) is 2.69. The SMILES string of the molecule is COc1ccc(OC2CCCN(C)C2)cc1. The van der Waals surface area contributed by atoms with Crippen LogP contribution in [0, 0.1) is 0 Å². The number of nitrogens with zero attached hydrogens (tertiary/aromatic N) is 1. The van der Waals surface area contributed by atoms with Crippen LogP contribution in [0.5, 0.6) is 11.5 Å². The molecule has 0 spiro atoms. The lowest BCUT2D eigenvalue weighted by Gasteiger charge is -2.30. The Balaban J connectivity index is 1.92. The first-order valence-corrected chi connectivity index (χ1v) is 5.77. The summed E-state index contributed by atoms with van der Waals surface area (Å²) >= 11 is 0. The monoisotopic (exact) mass is 221 g/mol. The van der Waals surface area contributed by atoms with Gasteiger partial charge in [-0.15, -0.1) is 0 Å². The first-order valence-electron chi connectivity index (χ1n) is 5.77. The van der Waals surface area contributed by atoms with Crippen molar-refractivity contribution in [2.24, 2.45) is 0 Å². The number of piperidine rings is 1. The smallest absolute Gasteiger partial charge is 0.120 e. The predicted octanol–water partition coefficient (Wildman–Crippen LogP) is 2.17. The number of hydrogen-bond acceptors (Lipinski definition) is 3. The maximum Gasteiger partial charge on any atom is 0.120 e. The second-order valence-corrected chi connectivity index (χ2v) is 4.32. The Morgan fingerprint density at radius 2 is 1.88 bits per heavy atom. The van der Waals surface area contributed by atoms with Gasteiger partial charge in [0.25, 0.3) is 0 Å². The molecule has 1 heterocycles. The molecule has 16 heavy (non-hydrogen) atoms. The minimum absolute atomic E-state index is 0.326. The molecule has 1 unspecified atom stereocenters. The minimum atomic E-state index is 0.326. The molecule has 0 amide bonds. The lowest BCUT2D eigenvalue weighted by atomic mass is 10.1. The van der Waals surface area contributed by atoms with Crippen molar-refractivity contribution >= 4 is 0 Å². The van der Waals surface area contributed by atoms with E-state index in [1.54, 1.807) is 7.11 Å². The zero-order valence-electron chi connectivity index (χ0n) is 9.98. The summed E-state index contributed by atoms with van der Waals surface area (Å²) in [5.74, 6) is 1.80. The molecular weight excluding hydrogens is 202 g/mol. The number of benzene rings is 1. The van der Waals surface area contributed by atoms with E-state index in [1.165, 1.54) is 13.0 Å². The minimum Gasteiger partial charge on any atom is -0.497 e. The van der Waals surface area contributed by atoms with Gasteiger partial charge in [0.2, 0.25) is 0 Å². The van der Waals surface area contributed by atoms with E-state index in [0.29, 0.717) is 6.10 Å². The average molecular weight is 221 g/mol. The Morgan fingerprint density at radius 1 is 1.19 bits per heavy atom. The molecular formula is C13H19NO2. The van der Waals surface area contributed by atoms with Gasteiger partial charge in [0, 0.05) is 6.54 Å². The molecule has 0 aromatic heterocycles. The maximum atomic E-state index is 5.93. The van der Waals surface area contributed by atoms with Crippen LogP contribution in [0.25, 0.3) is 0 Å². The van der Waals surface area contributed by atoms with Gasteiger partial charge in [0.15, 0.2) is 0 Å². The highest BCUT2D eigenvalue weighted by atomic mass is 16.5. The number of methoxy groups -OCH3 is 1. The number of ether oxygens (including phenoxy) is 2. The number of likely N-dealkylation sites (tertiary alicyclic amines) is 1. The molecule has 88 valence electrons. The summed E-state index contributed by atoms with van der Waals surface area (Å²) in [5.41, 5.74) is 0. The van der Waals surface area contributed by atoms with Crippen molar-refractivity contribution in [1.82, 2.24) is 4.90 Å². The van der Waals surface area contributed by atoms with Gasteiger partial charge in [0.1, 0.15) is 17.6 Å². The van der Waals surface area contributed by atoms with Crippen molar-refractivity contribution < 1.29 is 9.47 Å². The van der Waals surface area contributed by atoms with E-state index >= 15 is 0 Å². The maximum absolute atomic E-state index is 5.93. The molecule has 1 aliphatic rings. The molecule has 1 saturated heterocycles. The summed E-state index contributed by atoms with van der Waals surface area (Å²) in [6.45, 7) is 2.20. The number of rotatable bonds is 3. The van der Waals surface area contributed by atoms with Crippen LogP contribution in [0.4, 0.5) is 0 Å². The fraction of sp³-hybridized carbons (Fsp3) is 0.538. The van der Waals surface area contributed by atoms with Crippen molar-refractivity contribution in [1.29, 1.82) is 0 Å². The molecule has 3 heteroatoms. The lowest BCUT2D eigenvalue weighted by Crippen LogP contribution is -2.38. The van der Waals surface area contributed by atoms with Gasteiger partial charge in [-0.2, -0.15) is 0 Å². The summed E-state index contributed by atoms with van der Waals surface area (Å²) in [4.78, 5) is 2.32. The molecule has 1 fully saturated rings. The third-order valence-corrected chi connectivity index (χ3v) is 2.94. The first kappa shape index (κ1) is 11.3. The van der Waals surface area contributed by atoms with E-state index in [4.69, 9.17) is 9.47 Å². The third-order valence-electron chi connectivity index (χ3n) is 2.94. The second kappa shape index (κ2) is 5.21. The van der Waals surface area contributed by atoms with Crippen LogP contribution >= 0.6 is 0 Å². The van der Waals surface area contributed by atoms with E-state index < -0.39 is 0 Å². The Kier molecular flexibility index (Phi) is 3.67. The first-order chi connectivity index (χ1) is 7.78. The highest BCUT2D eigenvalue weighted by molar-refractivity contribution is 5.31. The third kappa shape index (κ3) is 2.89. The fourth-order valence-electron chi connectivity index (χ4n) is 2.06. The van der Waals surface area contributed by atoms with Crippen molar-refractivity contribution in [2.75, 3.05) is 27.2 Å². The Bertz CT molecular complexity index is 323. The van der Waals surface area contributed by atoms with Gasteiger partial charge in [-0.1, -0.05) is 0 Å². The van der Waals surface area contributed by atoms with Gasteiger partial charge < -0.3 is 14.4 Å². The zero-order valence-corrected chi connectivity index (χ0v) is 9.98. The molecule has 0 aliphatic carbocycles. The summed E-state index contributed by atoms with van der Waals surface area (Å²) in [6, 6.07) is 7.80. The highest BCUT2D eigenvalue weighted by Crippen LogP contribution is 2.20. The Hall–Kier alpha value is -1.22. The summed E-state index contributed by atoms with van der Waals surface area (Å²) in [7, 11) is 3.81. The second-order valence-electron chi connectivity index (χ2n) is 4.32. The van der Waals surface area contributed by atoms with E-state index in [9.17, 15) is 0 Å². The molecule has 2 rings (SSSR count). The van der Waals surface area contributed by atoms with E-state index in [2.05, 4.69) is 11.9 Å². The quantitative estimate of drug-likeness (QED) is 0.780. The predicted molar refractivity (Wildman–Crippen MR) is 64.1 cm³/mol. The number of likely N-dealkylation sites (N-methyl/N-ethyl adjacent to an activating group) is 1. The number of hydrogen-bond donors (Lipinski definition) is 0. The van der Waals surface area contributed by atoms with Crippen molar-refractivity contribution in [3.63, 3.8) is 0 Å². The van der Waals surface area contributed by atoms with Gasteiger partial charge in [0.05, 0.1) is 7.11 Å². The van der Waals surface area contributed by atoms with E-state index in [0.717, 1.165) is 24.5 Å². The Labute approximate surface area is 97.0 Å². The standard InChI is InChI=1S/C13H19NO2/c1-14-9-3-4-13(10-14)16-12-7-5-11(15-2)6-8-12/h5-8,13H,3-4,9-10H2,1-2H3. The van der Waals surface area contributed by atoms with Gasteiger partial charge >= 0.3 is 0 Å². The van der Waals surface area contributed by atoms with E-state index in [1.807, 2.05) is 24.3 Å². The van der Waals surface area contributed by atoms with Crippen molar-refractivity contribution in [3.05, 3.63) is 24.3 Å². The lowest BCUT2D eigenvalue weighted by molar-refractivity contribution is 0.104. The van der Waals surface area contributed by atoms with Gasteiger partial charge in [-0.25, -0.2) is 0 Å². The van der Waals surface area contributed by atoms with Crippen LogP contribution in [0.15, 0.2) is 24.3 Å². The summed E-state index contributed by atoms with van der Waals surface area (Å²) < 4.78 is 11.0. The fourth-order valence-corrected chi connectivity index (χ4v) is 2.06. The molecule has 0 N–H and O–H groups in total. The largest absolute Gasteiger partial charge is 0.497 e. The van der Waals surface area contributed by atoms with E-state index in [-0.39, 0.29) is 0 Å². The molecule has 3 nitrogen and oxygen atoms in total. The van der Waals surface area contributed by atoms with Crippen LogP contribution < -0.4 is 9.47 Å². The van der Waals surface area contributed by atoms with Gasteiger partial charge in [-0.3, -0.25) is 0 Å². The van der Waals surface area contributed by atoms with Crippen LogP contribution in [-0.2, 0) is 0 Å². The molecule has 0 saturated carbocycles. The molecule has 1 aromatic rings. The van der Waals surface area contributed by atoms with Crippen LogP contribution in [-0.4, -0.2) is 38.3 Å². The highest BCUT2D eigenvalue weighted by Gasteiger charge is 2.18. The Morgan fingerprint density at radius 3 is 2.50 bits per heavy atom. The molecule has 1 aromatic carbocycles. The topological polar surface area (TPSA) is 21.7 Å². The van der Waals surface area contributed by atoms with Crippen LogP contribution in [0.1, 0.15) is 12.8 Å². The molecule has 0 radical (unpaired) electrons. The molecule has 1 aliphatic heterocycles. The molecule has 1 atom stereocenters.